The Morgan fingerprint density at radius 2 is 2.00 bits per heavy atom. The first-order chi connectivity index (χ1) is 9.72. The third kappa shape index (κ3) is 5.41. The van der Waals surface area contributed by atoms with E-state index in [1.807, 2.05) is 0 Å². The topological polar surface area (TPSA) is 15.3 Å². The molecule has 0 bridgehead atoms. The highest BCUT2D eigenvalue weighted by atomic mass is 35.5. The van der Waals surface area contributed by atoms with Crippen molar-refractivity contribution in [3.8, 4) is 0 Å². The third-order valence-electron chi connectivity index (χ3n) is 3.99. The molecule has 1 aliphatic rings. The van der Waals surface area contributed by atoms with Crippen LogP contribution in [0.1, 0.15) is 44.2 Å². The molecule has 21 heavy (non-hydrogen) atoms. The van der Waals surface area contributed by atoms with Crippen molar-refractivity contribution in [1.82, 2.24) is 10.2 Å². The van der Waals surface area contributed by atoms with Gasteiger partial charge in [-0.2, -0.15) is 0 Å². The zero-order valence-electron chi connectivity index (χ0n) is 12.6. The number of nitrogens with one attached hydrogen (secondary N) is 1. The Labute approximate surface area is 138 Å². The fraction of sp³-hybridized carbons (Fsp3) is 0.625. The molecule has 0 aromatic heterocycles. The molecule has 0 spiro atoms. The smallest absolute Gasteiger partial charge is 0.123 e. The molecule has 1 aromatic rings. The number of nitrogens with zero attached hydrogens (tertiary/aromatic N) is 1. The highest BCUT2D eigenvalue weighted by molar-refractivity contribution is 6.31. The second kappa shape index (κ2) is 9.62. The Balaban J connectivity index is 0.00000220. The fourth-order valence-electron chi connectivity index (χ4n) is 2.89. The summed E-state index contributed by atoms with van der Waals surface area (Å²) in [5.41, 5.74) is 0.949. The number of halogens is 3. The molecular formula is C16H25Cl2FN2. The van der Waals surface area contributed by atoms with Crippen molar-refractivity contribution in [2.24, 2.45) is 0 Å². The van der Waals surface area contributed by atoms with E-state index in [-0.39, 0.29) is 24.3 Å². The van der Waals surface area contributed by atoms with E-state index >= 15 is 0 Å². The first kappa shape index (κ1) is 18.7. The van der Waals surface area contributed by atoms with Crippen molar-refractivity contribution < 1.29 is 4.39 Å². The van der Waals surface area contributed by atoms with E-state index in [1.54, 1.807) is 12.1 Å². The predicted molar refractivity (Wildman–Crippen MR) is 90.0 cm³/mol. The van der Waals surface area contributed by atoms with E-state index in [0.29, 0.717) is 5.02 Å². The third-order valence-corrected chi connectivity index (χ3v) is 4.33. The Hall–Kier alpha value is -0.350. The minimum atomic E-state index is -0.194. The second-order valence-electron chi connectivity index (χ2n) is 5.46. The lowest BCUT2D eigenvalue weighted by atomic mass is 9.98. The van der Waals surface area contributed by atoms with E-state index < -0.39 is 0 Å². The summed E-state index contributed by atoms with van der Waals surface area (Å²) >= 11 is 6.31. The Bertz CT molecular complexity index is 423. The summed E-state index contributed by atoms with van der Waals surface area (Å²) < 4.78 is 13.6. The molecule has 0 saturated carbocycles. The van der Waals surface area contributed by atoms with Crippen molar-refractivity contribution in [2.75, 3.05) is 26.2 Å². The van der Waals surface area contributed by atoms with Gasteiger partial charge in [0.25, 0.3) is 0 Å². The number of unbranched alkanes of at least 4 members (excludes halogenated alkanes) is 2. The van der Waals surface area contributed by atoms with Crippen LogP contribution in [0.5, 0.6) is 0 Å². The van der Waals surface area contributed by atoms with Gasteiger partial charge in [-0.3, -0.25) is 4.90 Å². The van der Waals surface area contributed by atoms with Gasteiger partial charge in [-0.1, -0.05) is 37.8 Å². The van der Waals surface area contributed by atoms with Gasteiger partial charge >= 0.3 is 0 Å². The molecule has 2 rings (SSSR count). The Morgan fingerprint density at radius 1 is 1.29 bits per heavy atom. The van der Waals surface area contributed by atoms with E-state index in [4.69, 9.17) is 11.6 Å². The zero-order valence-corrected chi connectivity index (χ0v) is 14.2. The molecule has 2 nitrogen and oxygen atoms in total. The standard InChI is InChI=1S/C16H24ClFN2.ClH/c1-2-3-4-5-16(20-10-8-19-9-11-20)14-12-13(18)6-7-15(14)17;/h6-7,12,16,19H,2-5,8-11H2,1H3;1H/t16-;/m0./s1. The molecule has 1 fully saturated rings. The Kier molecular flexibility index (Phi) is 8.57. The van der Waals surface area contributed by atoms with E-state index in [2.05, 4.69) is 17.1 Å². The molecule has 5 heteroatoms. The van der Waals surface area contributed by atoms with Gasteiger partial charge in [-0.25, -0.2) is 4.39 Å². The average Bonchev–Trinajstić information content (AvgIpc) is 2.48. The van der Waals surface area contributed by atoms with Gasteiger partial charge < -0.3 is 5.32 Å². The quantitative estimate of drug-likeness (QED) is 0.774. The summed E-state index contributed by atoms with van der Waals surface area (Å²) in [6.45, 7) is 6.21. The maximum atomic E-state index is 13.6. The van der Waals surface area contributed by atoms with Crippen LogP contribution < -0.4 is 5.32 Å². The van der Waals surface area contributed by atoms with Crippen LogP contribution in [0, 0.1) is 5.82 Å². The maximum absolute atomic E-state index is 13.6. The van der Waals surface area contributed by atoms with Crippen LogP contribution in [-0.4, -0.2) is 31.1 Å². The number of benzene rings is 1. The summed E-state index contributed by atoms with van der Waals surface area (Å²) in [5.74, 6) is -0.194. The molecule has 0 aliphatic carbocycles. The van der Waals surface area contributed by atoms with Crippen LogP contribution in [0.25, 0.3) is 0 Å². The summed E-state index contributed by atoms with van der Waals surface area (Å²) in [7, 11) is 0. The van der Waals surface area contributed by atoms with Gasteiger partial charge in [0.05, 0.1) is 0 Å². The van der Waals surface area contributed by atoms with Crippen molar-refractivity contribution in [1.29, 1.82) is 0 Å². The zero-order chi connectivity index (χ0) is 14.4. The molecule has 1 heterocycles. The molecule has 1 saturated heterocycles. The lowest BCUT2D eigenvalue weighted by Gasteiger charge is -2.35. The van der Waals surface area contributed by atoms with Crippen molar-refractivity contribution >= 4 is 24.0 Å². The number of piperazine rings is 1. The summed E-state index contributed by atoms with van der Waals surface area (Å²) in [6.07, 6.45) is 4.63. The molecular weight excluding hydrogens is 310 g/mol. The van der Waals surface area contributed by atoms with Crippen LogP contribution in [0.15, 0.2) is 18.2 Å². The van der Waals surface area contributed by atoms with E-state index in [0.717, 1.165) is 44.6 Å². The van der Waals surface area contributed by atoms with Crippen molar-refractivity contribution in [3.05, 3.63) is 34.6 Å². The first-order valence-corrected chi connectivity index (χ1v) is 8.00. The molecule has 120 valence electrons. The van der Waals surface area contributed by atoms with E-state index in [1.165, 1.54) is 18.9 Å². The van der Waals surface area contributed by atoms with Gasteiger partial charge in [-0.15, -0.1) is 12.4 Å². The molecule has 1 aliphatic heterocycles. The van der Waals surface area contributed by atoms with Crippen LogP contribution in [0.4, 0.5) is 4.39 Å². The molecule has 1 atom stereocenters. The maximum Gasteiger partial charge on any atom is 0.123 e. The molecule has 0 radical (unpaired) electrons. The fourth-order valence-corrected chi connectivity index (χ4v) is 3.13. The van der Waals surface area contributed by atoms with Crippen LogP contribution in [0.2, 0.25) is 5.02 Å². The van der Waals surface area contributed by atoms with Crippen LogP contribution in [0.3, 0.4) is 0 Å². The second-order valence-corrected chi connectivity index (χ2v) is 5.87. The van der Waals surface area contributed by atoms with Crippen LogP contribution in [-0.2, 0) is 0 Å². The monoisotopic (exact) mass is 334 g/mol. The van der Waals surface area contributed by atoms with Gasteiger partial charge in [0.1, 0.15) is 5.82 Å². The lowest BCUT2D eigenvalue weighted by molar-refractivity contribution is 0.162. The first-order valence-electron chi connectivity index (χ1n) is 7.62. The largest absolute Gasteiger partial charge is 0.314 e. The Morgan fingerprint density at radius 3 is 2.67 bits per heavy atom. The van der Waals surface area contributed by atoms with Gasteiger partial charge in [-0.05, 0) is 30.2 Å². The SMILES string of the molecule is CCCCC[C@@H](c1cc(F)ccc1Cl)N1CCNCC1.Cl. The highest BCUT2D eigenvalue weighted by Crippen LogP contribution is 2.32. The molecule has 0 amide bonds. The van der Waals surface area contributed by atoms with Crippen molar-refractivity contribution in [2.45, 2.75) is 38.6 Å². The van der Waals surface area contributed by atoms with E-state index in [9.17, 15) is 4.39 Å². The minimum Gasteiger partial charge on any atom is -0.314 e. The summed E-state index contributed by atoms with van der Waals surface area (Å²) in [4.78, 5) is 2.44. The van der Waals surface area contributed by atoms with Gasteiger partial charge in [0, 0.05) is 37.2 Å². The van der Waals surface area contributed by atoms with Gasteiger partial charge in [0.2, 0.25) is 0 Å². The minimum absolute atomic E-state index is 0. The number of rotatable bonds is 6. The van der Waals surface area contributed by atoms with Gasteiger partial charge in [0.15, 0.2) is 0 Å². The molecule has 0 unspecified atom stereocenters. The van der Waals surface area contributed by atoms with Crippen LogP contribution >= 0.6 is 24.0 Å². The summed E-state index contributed by atoms with van der Waals surface area (Å²) in [6, 6.07) is 4.97. The molecule has 1 aromatic carbocycles. The predicted octanol–water partition coefficient (Wildman–Crippen LogP) is 4.43. The number of hydrogen-bond acceptors (Lipinski definition) is 2. The number of hydrogen-bond donors (Lipinski definition) is 1. The molecule has 1 N–H and O–H groups in total. The van der Waals surface area contributed by atoms with Crippen molar-refractivity contribution in [3.63, 3.8) is 0 Å². The lowest BCUT2D eigenvalue weighted by Crippen LogP contribution is -2.45. The highest BCUT2D eigenvalue weighted by Gasteiger charge is 2.23. The normalized spacial score (nSPS) is 17.3. The summed E-state index contributed by atoms with van der Waals surface area (Å²) in [5, 5.41) is 4.05. The average molecular weight is 335 g/mol.